The quantitative estimate of drug-likeness (QED) is 0.880. The van der Waals surface area contributed by atoms with Crippen molar-refractivity contribution in [2.24, 2.45) is 5.73 Å². The Labute approximate surface area is 123 Å². The molecule has 4 nitrogen and oxygen atoms in total. The molecule has 20 heavy (non-hydrogen) atoms. The van der Waals surface area contributed by atoms with Crippen molar-refractivity contribution >= 4 is 26.0 Å². The van der Waals surface area contributed by atoms with Crippen LogP contribution in [0.3, 0.4) is 0 Å². The Balaban J connectivity index is 3.39. The van der Waals surface area contributed by atoms with Crippen LogP contribution < -0.4 is 5.73 Å². The van der Waals surface area contributed by atoms with Crippen molar-refractivity contribution in [2.75, 3.05) is 13.6 Å². The second-order valence-corrected chi connectivity index (χ2v) is 7.07. The van der Waals surface area contributed by atoms with Crippen molar-refractivity contribution in [3.8, 4) is 0 Å². The second kappa shape index (κ2) is 6.00. The lowest BCUT2D eigenvalue weighted by Gasteiger charge is -2.24. The van der Waals surface area contributed by atoms with E-state index in [1.54, 1.807) is 6.92 Å². The summed E-state index contributed by atoms with van der Waals surface area (Å²) in [6, 6.07) is 1.96. The molecular weight excluding hydrogens is 361 g/mol. The molecule has 1 rings (SSSR count). The van der Waals surface area contributed by atoms with Gasteiger partial charge in [0.2, 0.25) is 10.0 Å². The summed E-state index contributed by atoms with van der Waals surface area (Å²) >= 11 is 2.97. The molecule has 0 spiro atoms. The van der Waals surface area contributed by atoms with E-state index in [0.717, 1.165) is 16.4 Å². The topological polar surface area (TPSA) is 63.4 Å². The molecule has 0 saturated carbocycles. The van der Waals surface area contributed by atoms with Gasteiger partial charge in [0.05, 0.1) is 10.5 Å². The van der Waals surface area contributed by atoms with Crippen LogP contribution in [0, 0.1) is 0 Å². The minimum atomic E-state index is -4.61. The van der Waals surface area contributed by atoms with Crippen molar-refractivity contribution < 1.29 is 21.6 Å². The van der Waals surface area contributed by atoms with Gasteiger partial charge in [0.25, 0.3) is 0 Å². The van der Waals surface area contributed by atoms with E-state index in [1.165, 1.54) is 7.05 Å². The van der Waals surface area contributed by atoms with Crippen molar-refractivity contribution in [1.82, 2.24) is 4.31 Å². The third kappa shape index (κ3) is 3.51. The van der Waals surface area contributed by atoms with Crippen molar-refractivity contribution in [3.63, 3.8) is 0 Å². The number of hydrogen-bond donors (Lipinski definition) is 1. The fourth-order valence-corrected chi connectivity index (χ4v) is 3.74. The van der Waals surface area contributed by atoms with Gasteiger partial charge in [-0.1, -0.05) is 0 Å². The highest BCUT2D eigenvalue weighted by molar-refractivity contribution is 9.10. The van der Waals surface area contributed by atoms with E-state index >= 15 is 0 Å². The predicted octanol–water partition coefficient (Wildman–Crippen LogP) is 2.44. The van der Waals surface area contributed by atoms with Crippen LogP contribution in [0.4, 0.5) is 13.2 Å². The summed E-state index contributed by atoms with van der Waals surface area (Å²) < 4.78 is 63.6. The van der Waals surface area contributed by atoms with Gasteiger partial charge in [-0.25, -0.2) is 8.42 Å². The number of likely N-dealkylation sites (N-methyl/N-ethyl adjacent to an activating group) is 1. The first-order valence-electron chi connectivity index (χ1n) is 5.56. The van der Waals surface area contributed by atoms with E-state index in [1.807, 2.05) is 0 Å². The zero-order chi connectivity index (χ0) is 15.7. The highest BCUT2D eigenvalue weighted by atomic mass is 79.9. The van der Waals surface area contributed by atoms with Gasteiger partial charge in [-0.2, -0.15) is 17.5 Å². The maximum Gasteiger partial charge on any atom is 0.416 e. The number of hydrogen-bond acceptors (Lipinski definition) is 3. The number of sulfonamides is 1. The third-order valence-corrected chi connectivity index (χ3v) is 5.84. The summed E-state index contributed by atoms with van der Waals surface area (Å²) in [6.45, 7) is 1.63. The van der Waals surface area contributed by atoms with Crippen LogP contribution in [-0.4, -0.2) is 32.4 Å². The zero-order valence-electron chi connectivity index (χ0n) is 10.8. The Kier molecular flexibility index (Phi) is 5.23. The van der Waals surface area contributed by atoms with Gasteiger partial charge < -0.3 is 5.73 Å². The number of alkyl halides is 3. The molecule has 1 unspecified atom stereocenters. The van der Waals surface area contributed by atoms with E-state index in [9.17, 15) is 21.6 Å². The Morgan fingerprint density at radius 2 is 1.95 bits per heavy atom. The van der Waals surface area contributed by atoms with Crippen LogP contribution in [0.2, 0.25) is 0 Å². The van der Waals surface area contributed by atoms with Gasteiger partial charge in [0.15, 0.2) is 0 Å². The lowest BCUT2D eigenvalue weighted by molar-refractivity contribution is -0.137. The summed E-state index contributed by atoms with van der Waals surface area (Å²) in [5.41, 5.74) is 4.37. The number of rotatable bonds is 4. The normalized spacial score (nSPS) is 14.6. The Bertz CT molecular complexity index is 590. The van der Waals surface area contributed by atoms with E-state index in [4.69, 9.17) is 5.73 Å². The van der Waals surface area contributed by atoms with E-state index < -0.39 is 32.7 Å². The minimum Gasteiger partial charge on any atom is -0.329 e. The Morgan fingerprint density at radius 3 is 2.40 bits per heavy atom. The van der Waals surface area contributed by atoms with Crippen LogP contribution in [0.15, 0.2) is 27.6 Å². The molecule has 0 aliphatic heterocycles. The molecule has 1 aromatic carbocycles. The highest BCUT2D eigenvalue weighted by Gasteiger charge is 2.34. The summed E-state index contributed by atoms with van der Waals surface area (Å²) in [7, 11) is -2.78. The Hall–Kier alpha value is -0.640. The molecule has 0 amide bonds. The molecule has 1 aromatic rings. The van der Waals surface area contributed by atoms with E-state index in [0.29, 0.717) is 6.07 Å². The summed E-state index contributed by atoms with van der Waals surface area (Å²) in [6.07, 6.45) is -4.61. The average molecular weight is 375 g/mol. The largest absolute Gasteiger partial charge is 0.416 e. The van der Waals surface area contributed by atoms with Crippen LogP contribution in [0.5, 0.6) is 0 Å². The lowest BCUT2D eigenvalue weighted by Crippen LogP contribution is -2.39. The third-order valence-electron chi connectivity index (χ3n) is 2.88. The van der Waals surface area contributed by atoms with Gasteiger partial charge in [-0.3, -0.25) is 0 Å². The van der Waals surface area contributed by atoms with Crippen molar-refractivity contribution in [1.29, 1.82) is 0 Å². The predicted molar refractivity (Wildman–Crippen MR) is 72.6 cm³/mol. The molecule has 0 aliphatic carbocycles. The van der Waals surface area contributed by atoms with Crippen LogP contribution in [0.1, 0.15) is 12.5 Å². The van der Waals surface area contributed by atoms with Gasteiger partial charge in [-0.05, 0) is 41.1 Å². The fraction of sp³-hybridized carbons (Fsp3) is 0.455. The van der Waals surface area contributed by atoms with E-state index in [2.05, 4.69) is 15.9 Å². The number of benzene rings is 1. The molecule has 9 heteroatoms. The molecule has 0 aromatic heterocycles. The summed E-state index contributed by atoms with van der Waals surface area (Å²) in [5.74, 6) is 0. The maximum absolute atomic E-state index is 12.7. The standard InChI is InChI=1S/C11H14BrF3N2O2S/c1-7(6-16)17(2)20(18,19)10-5-8(11(13,14)15)3-4-9(10)12/h3-5,7H,6,16H2,1-2H3. The average Bonchev–Trinajstić information content (AvgIpc) is 2.35. The first kappa shape index (κ1) is 17.4. The highest BCUT2D eigenvalue weighted by Crippen LogP contribution is 2.34. The van der Waals surface area contributed by atoms with E-state index in [-0.39, 0.29) is 11.0 Å². The van der Waals surface area contributed by atoms with Gasteiger partial charge in [0, 0.05) is 24.1 Å². The SMILES string of the molecule is CC(CN)N(C)S(=O)(=O)c1cc(C(F)(F)F)ccc1Br. The smallest absolute Gasteiger partial charge is 0.329 e. The first-order chi connectivity index (χ1) is 9.01. The summed E-state index contributed by atoms with van der Waals surface area (Å²) in [4.78, 5) is -0.435. The maximum atomic E-state index is 12.7. The zero-order valence-corrected chi connectivity index (χ0v) is 13.2. The molecule has 0 aliphatic rings. The van der Waals surface area contributed by atoms with Gasteiger partial charge >= 0.3 is 6.18 Å². The number of nitrogens with zero attached hydrogens (tertiary/aromatic N) is 1. The van der Waals surface area contributed by atoms with Crippen molar-refractivity contribution in [2.45, 2.75) is 24.0 Å². The van der Waals surface area contributed by atoms with Crippen molar-refractivity contribution in [3.05, 3.63) is 28.2 Å². The molecule has 114 valence electrons. The molecule has 0 fully saturated rings. The second-order valence-electron chi connectivity index (χ2n) is 4.25. The number of nitrogens with two attached hydrogens (primary N) is 1. The van der Waals surface area contributed by atoms with Crippen LogP contribution >= 0.6 is 15.9 Å². The van der Waals surface area contributed by atoms with Crippen LogP contribution in [-0.2, 0) is 16.2 Å². The molecule has 0 heterocycles. The first-order valence-corrected chi connectivity index (χ1v) is 7.80. The van der Waals surface area contributed by atoms with Crippen LogP contribution in [0.25, 0.3) is 0 Å². The molecule has 1 atom stereocenters. The molecule has 2 N–H and O–H groups in total. The molecule has 0 saturated heterocycles. The summed E-state index contributed by atoms with van der Waals surface area (Å²) in [5, 5.41) is 0. The molecular formula is C11H14BrF3N2O2S. The minimum absolute atomic E-state index is 0.0618. The molecule has 0 radical (unpaired) electrons. The lowest BCUT2D eigenvalue weighted by atomic mass is 10.2. The van der Waals surface area contributed by atoms with Gasteiger partial charge in [-0.15, -0.1) is 0 Å². The monoisotopic (exact) mass is 374 g/mol. The number of halogens is 4. The van der Waals surface area contributed by atoms with Gasteiger partial charge in [0.1, 0.15) is 0 Å². The Morgan fingerprint density at radius 1 is 1.40 bits per heavy atom. The molecule has 0 bridgehead atoms. The fourth-order valence-electron chi connectivity index (χ4n) is 1.42.